The van der Waals surface area contributed by atoms with Gasteiger partial charge in [-0.05, 0) is 31.0 Å². The van der Waals surface area contributed by atoms with E-state index in [1.54, 1.807) is 36.5 Å². The lowest BCUT2D eigenvalue weighted by atomic mass is 9.94. The van der Waals surface area contributed by atoms with Gasteiger partial charge in [0.1, 0.15) is 11.6 Å². The number of anilines is 2. The quantitative estimate of drug-likeness (QED) is 0.705. The summed E-state index contributed by atoms with van der Waals surface area (Å²) in [7, 11) is 0. The number of carbonyl (C=O) groups excluding carboxylic acids is 1. The van der Waals surface area contributed by atoms with E-state index in [2.05, 4.69) is 10.4 Å². The van der Waals surface area contributed by atoms with E-state index in [0.717, 1.165) is 0 Å². The lowest BCUT2D eigenvalue weighted by Gasteiger charge is -2.15. The molecule has 26 heavy (non-hydrogen) atoms. The Balaban J connectivity index is 1.55. The van der Waals surface area contributed by atoms with Gasteiger partial charge in [0.05, 0.1) is 16.8 Å². The fourth-order valence-corrected chi connectivity index (χ4v) is 3.02. The van der Waals surface area contributed by atoms with Gasteiger partial charge in [-0.2, -0.15) is 5.10 Å². The van der Waals surface area contributed by atoms with E-state index in [1.165, 1.54) is 22.9 Å². The summed E-state index contributed by atoms with van der Waals surface area (Å²) in [6.45, 7) is 0. The minimum absolute atomic E-state index is 0.0509. The highest BCUT2D eigenvalue weighted by molar-refractivity contribution is 6.00. The minimum atomic E-state index is -0.845. The maximum atomic E-state index is 14.1. The first-order chi connectivity index (χ1) is 12.5. The van der Waals surface area contributed by atoms with Crippen molar-refractivity contribution in [1.29, 1.82) is 0 Å². The Morgan fingerprint density at radius 1 is 1.12 bits per heavy atom. The van der Waals surface area contributed by atoms with Crippen LogP contribution in [0.5, 0.6) is 0 Å². The Kier molecular flexibility index (Phi) is 3.72. The number of hydrogen-bond acceptors (Lipinski definition) is 3. The Hall–Kier alpha value is -3.22. The van der Waals surface area contributed by atoms with Crippen LogP contribution in [0.3, 0.4) is 0 Å². The molecule has 132 valence electrons. The van der Waals surface area contributed by atoms with Gasteiger partial charge in [0.25, 0.3) is 0 Å². The van der Waals surface area contributed by atoms with E-state index >= 15 is 0 Å². The molecule has 2 aromatic carbocycles. The average molecular weight is 354 g/mol. The fraction of sp³-hybridized carbons (Fsp3) is 0.158. The molecule has 5 nitrogen and oxygen atoms in total. The number of nitrogen functional groups attached to an aromatic ring is 1. The molecule has 0 bridgehead atoms. The van der Waals surface area contributed by atoms with Crippen molar-refractivity contribution < 1.29 is 13.6 Å². The first-order valence-electron chi connectivity index (χ1n) is 8.17. The lowest BCUT2D eigenvalue weighted by Crippen LogP contribution is -2.29. The van der Waals surface area contributed by atoms with Crippen LogP contribution in [0.15, 0.2) is 54.7 Å². The van der Waals surface area contributed by atoms with Crippen molar-refractivity contribution in [1.82, 2.24) is 9.78 Å². The van der Waals surface area contributed by atoms with Crippen molar-refractivity contribution in [3.05, 3.63) is 71.9 Å². The summed E-state index contributed by atoms with van der Waals surface area (Å²) in [5.74, 6) is -0.908. The SMILES string of the molecule is Nc1ccc(-n2ccc(NC(=O)C3(c4ccccc4F)CC3)n2)cc1F. The standard InChI is InChI=1S/C19H16F2N4O/c20-14-4-2-1-3-13(14)19(8-9-19)18(26)23-17-7-10-25(24-17)12-5-6-16(22)15(21)11-12/h1-7,10-11H,8-9,22H2,(H,23,24,26). The minimum Gasteiger partial charge on any atom is -0.396 e. The van der Waals surface area contributed by atoms with E-state index in [0.29, 0.717) is 29.9 Å². The second-order valence-corrected chi connectivity index (χ2v) is 6.37. The molecule has 1 aliphatic carbocycles. The van der Waals surface area contributed by atoms with Gasteiger partial charge in [-0.3, -0.25) is 4.79 Å². The summed E-state index contributed by atoms with van der Waals surface area (Å²) in [5.41, 5.74) is 5.55. The average Bonchev–Trinajstić information content (AvgIpc) is 3.31. The Morgan fingerprint density at radius 3 is 2.58 bits per heavy atom. The van der Waals surface area contributed by atoms with Crippen LogP contribution in [0.1, 0.15) is 18.4 Å². The monoisotopic (exact) mass is 354 g/mol. The maximum Gasteiger partial charge on any atom is 0.236 e. The highest BCUT2D eigenvalue weighted by atomic mass is 19.1. The van der Waals surface area contributed by atoms with Gasteiger partial charge >= 0.3 is 0 Å². The Labute approximate surface area is 148 Å². The molecule has 0 unspecified atom stereocenters. The van der Waals surface area contributed by atoms with Crippen molar-refractivity contribution in [3.63, 3.8) is 0 Å². The van der Waals surface area contributed by atoms with E-state index in [9.17, 15) is 13.6 Å². The van der Waals surface area contributed by atoms with E-state index in [1.807, 2.05) is 0 Å². The van der Waals surface area contributed by atoms with E-state index in [4.69, 9.17) is 5.73 Å². The zero-order valence-electron chi connectivity index (χ0n) is 13.7. The molecule has 7 heteroatoms. The molecule has 3 aromatic rings. The largest absolute Gasteiger partial charge is 0.396 e. The van der Waals surface area contributed by atoms with Gasteiger partial charge in [-0.1, -0.05) is 18.2 Å². The van der Waals surface area contributed by atoms with Crippen LogP contribution in [0, 0.1) is 11.6 Å². The summed E-state index contributed by atoms with van der Waals surface area (Å²) in [5, 5.41) is 6.96. The number of aromatic nitrogens is 2. The van der Waals surface area contributed by atoms with Crippen LogP contribution in [-0.2, 0) is 10.2 Å². The molecule has 0 aliphatic heterocycles. The first kappa shape index (κ1) is 16.3. The number of nitrogens with one attached hydrogen (secondary N) is 1. The highest BCUT2D eigenvalue weighted by Gasteiger charge is 2.52. The third-order valence-electron chi connectivity index (χ3n) is 4.65. The third-order valence-corrected chi connectivity index (χ3v) is 4.65. The number of benzene rings is 2. The highest BCUT2D eigenvalue weighted by Crippen LogP contribution is 2.49. The molecule has 1 amide bonds. The molecule has 1 aromatic heterocycles. The summed E-state index contributed by atoms with van der Waals surface area (Å²) in [6, 6.07) is 12.2. The van der Waals surface area contributed by atoms with Gasteiger partial charge in [0.2, 0.25) is 5.91 Å². The lowest BCUT2D eigenvalue weighted by molar-refractivity contribution is -0.118. The zero-order chi connectivity index (χ0) is 18.3. The van der Waals surface area contributed by atoms with Crippen LogP contribution in [0.2, 0.25) is 0 Å². The van der Waals surface area contributed by atoms with Crippen LogP contribution < -0.4 is 11.1 Å². The predicted molar refractivity (Wildman–Crippen MR) is 93.9 cm³/mol. The molecule has 1 saturated carbocycles. The number of amides is 1. The van der Waals surface area contributed by atoms with Crippen molar-refractivity contribution in [2.75, 3.05) is 11.1 Å². The first-order valence-corrected chi connectivity index (χ1v) is 8.17. The molecule has 0 spiro atoms. The smallest absolute Gasteiger partial charge is 0.236 e. The van der Waals surface area contributed by atoms with Crippen molar-refractivity contribution >= 4 is 17.4 Å². The summed E-state index contributed by atoms with van der Waals surface area (Å²) >= 11 is 0. The van der Waals surface area contributed by atoms with Crippen LogP contribution in [0.4, 0.5) is 20.3 Å². The van der Waals surface area contributed by atoms with Crippen molar-refractivity contribution in [3.8, 4) is 5.69 Å². The second kappa shape index (κ2) is 5.94. The van der Waals surface area contributed by atoms with Gasteiger partial charge in [0, 0.05) is 23.9 Å². The summed E-state index contributed by atoms with van der Waals surface area (Å²) in [4.78, 5) is 12.7. The summed E-state index contributed by atoms with van der Waals surface area (Å²) in [6.07, 6.45) is 2.77. The molecule has 0 atom stereocenters. The molecule has 0 radical (unpaired) electrons. The normalized spacial score (nSPS) is 14.8. The zero-order valence-corrected chi connectivity index (χ0v) is 13.7. The second-order valence-electron chi connectivity index (χ2n) is 6.37. The fourth-order valence-electron chi connectivity index (χ4n) is 3.02. The summed E-state index contributed by atoms with van der Waals surface area (Å²) < 4.78 is 29.1. The molecule has 4 rings (SSSR count). The topological polar surface area (TPSA) is 72.9 Å². The number of nitrogens with two attached hydrogens (primary N) is 1. The van der Waals surface area contributed by atoms with Crippen LogP contribution in [0.25, 0.3) is 5.69 Å². The van der Waals surface area contributed by atoms with Crippen LogP contribution in [-0.4, -0.2) is 15.7 Å². The van der Waals surface area contributed by atoms with Gasteiger partial charge in [-0.15, -0.1) is 0 Å². The Bertz CT molecular complexity index is 995. The molecular formula is C19H16F2N4O. The van der Waals surface area contributed by atoms with Gasteiger partial charge in [-0.25, -0.2) is 13.5 Å². The number of nitrogens with zero attached hydrogens (tertiary/aromatic N) is 2. The van der Waals surface area contributed by atoms with E-state index < -0.39 is 11.2 Å². The number of halogens is 2. The molecule has 3 N–H and O–H groups in total. The van der Waals surface area contributed by atoms with Crippen LogP contribution >= 0.6 is 0 Å². The van der Waals surface area contributed by atoms with Crippen molar-refractivity contribution in [2.45, 2.75) is 18.3 Å². The molecular weight excluding hydrogens is 338 g/mol. The molecule has 1 heterocycles. The van der Waals surface area contributed by atoms with Crippen molar-refractivity contribution in [2.24, 2.45) is 0 Å². The van der Waals surface area contributed by atoms with Gasteiger partial charge in [0.15, 0.2) is 5.82 Å². The molecule has 1 aliphatic rings. The maximum absolute atomic E-state index is 14.1. The molecule has 1 fully saturated rings. The molecule has 0 saturated heterocycles. The predicted octanol–water partition coefficient (Wildman–Crippen LogP) is 3.40. The van der Waals surface area contributed by atoms with Gasteiger partial charge < -0.3 is 11.1 Å². The third kappa shape index (κ3) is 2.71. The van der Waals surface area contributed by atoms with E-state index in [-0.39, 0.29) is 17.4 Å². The Morgan fingerprint density at radius 2 is 1.88 bits per heavy atom. The number of carbonyl (C=O) groups is 1. The number of hydrogen-bond donors (Lipinski definition) is 2. The number of rotatable bonds is 4.